The van der Waals surface area contributed by atoms with E-state index in [1.807, 2.05) is 24.3 Å². The third-order valence-electron chi connectivity index (χ3n) is 6.25. The molecule has 1 saturated carbocycles. The van der Waals surface area contributed by atoms with Crippen LogP contribution >= 0.6 is 0 Å². The highest BCUT2D eigenvalue weighted by Gasteiger charge is 2.32. The molecular formula is C24H27NO4. The van der Waals surface area contributed by atoms with Crippen molar-refractivity contribution in [2.75, 3.05) is 6.61 Å². The van der Waals surface area contributed by atoms with Crippen LogP contribution in [0.3, 0.4) is 0 Å². The summed E-state index contributed by atoms with van der Waals surface area (Å²) < 4.78 is 5.53. The molecule has 2 aliphatic carbocycles. The molecule has 0 saturated heterocycles. The summed E-state index contributed by atoms with van der Waals surface area (Å²) in [6, 6.07) is 15.4. The number of alkyl carbamates (subject to hydrolysis) is 1. The zero-order valence-electron chi connectivity index (χ0n) is 16.5. The maximum Gasteiger partial charge on any atom is 0.407 e. The Morgan fingerprint density at radius 3 is 2.03 bits per heavy atom. The number of benzene rings is 2. The number of carbonyl (C=O) groups excluding carboxylic acids is 1. The molecule has 1 fully saturated rings. The monoisotopic (exact) mass is 393 g/mol. The average molecular weight is 393 g/mol. The zero-order chi connectivity index (χ0) is 20.2. The fraction of sp³-hybridized carbons (Fsp3) is 0.417. The van der Waals surface area contributed by atoms with Gasteiger partial charge in [-0.1, -0.05) is 74.2 Å². The van der Waals surface area contributed by atoms with E-state index >= 15 is 0 Å². The van der Waals surface area contributed by atoms with E-state index in [0.717, 1.165) is 49.7 Å². The van der Waals surface area contributed by atoms with Crippen molar-refractivity contribution in [1.29, 1.82) is 0 Å². The lowest BCUT2D eigenvalue weighted by atomic mass is 9.92. The number of nitrogens with one attached hydrogen (secondary N) is 1. The second-order valence-electron chi connectivity index (χ2n) is 8.04. The van der Waals surface area contributed by atoms with Gasteiger partial charge in [0.05, 0.1) is 0 Å². The minimum absolute atomic E-state index is 0.0320. The molecular weight excluding hydrogens is 366 g/mol. The van der Waals surface area contributed by atoms with Crippen LogP contribution in [0.4, 0.5) is 4.79 Å². The maximum atomic E-state index is 12.5. The van der Waals surface area contributed by atoms with Crippen LogP contribution < -0.4 is 5.32 Å². The van der Waals surface area contributed by atoms with Gasteiger partial charge in [-0.2, -0.15) is 0 Å². The Hall–Kier alpha value is -2.82. The molecule has 2 N–H and O–H groups in total. The number of carboxylic acids is 1. The van der Waals surface area contributed by atoms with Crippen LogP contribution in [0, 0.1) is 5.92 Å². The maximum absolute atomic E-state index is 12.5. The Bertz CT molecular complexity index is 840. The van der Waals surface area contributed by atoms with Crippen molar-refractivity contribution in [3.05, 3.63) is 59.7 Å². The van der Waals surface area contributed by atoms with E-state index in [-0.39, 0.29) is 18.4 Å². The number of carboxylic acid groups (broad SMARTS) is 1. The van der Waals surface area contributed by atoms with Crippen LogP contribution in [0.15, 0.2) is 48.5 Å². The van der Waals surface area contributed by atoms with E-state index in [4.69, 9.17) is 4.74 Å². The van der Waals surface area contributed by atoms with Gasteiger partial charge >= 0.3 is 12.1 Å². The van der Waals surface area contributed by atoms with Crippen molar-refractivity contribution < 1.29 is 19.4 Å². The second-order valence-corrected chi connectivity index (χ2v) is 8.04. The average Bonchev–Trinajstić information content (AvgIpc) is 2.86. The highest BCUT2D eigenvalue weighted by atomic mass is 16.5. The van der Waals surface area contributed by atoms with Crippen molar-refractivity contribution in [2.24, 2.45) is 5.92 Å². The molecule has 29 heavy (non-hydrogen) atoms. The van der Waals surface area contributed by atoms with Gasteiger partial charge in [0.15, 0.2) is 0 Å². The molecule has 5 heteroatoms. The normalized spacial score (nSPS) is 17.7. The first-order chi connectivity index (χ1) is 14.1. The van der Waals surface area contributed by atoms with Gasteiger partial charge < -0.3 is 15.2 Å². The SMILES string of the molecule is O=C(N[C@H](C(=O)O)C1CCCCCC1)OCC1c2ccccc2-c2ccccc21. The minimum Gasteiger partial charge on any atom is -0.480 e. The van der Waals surface area contributed by atoms with E-state index in [2.05, 4.69) is 29.6 Å². The number of hydrogen-bond acceptors (Lipinski definition) is 3. The Morgan fingerprint density at radius 2 is 1.48 bits per heavy atom. The molecule has 1 amide bonds. The lowest BCUT2D eigenvalue weighted by Crippen LogP contribution is -2.46. The Morgan fingerprint density at radius 1 is 0.931 bits per heavy atom. The van der Waals surface area contributed by atoms with Crippen LogP contribution in [0.25, 0.3) is 11.1 Å². The molecule has 1 atom stereocenters. The zero-order valence-corrected chi connectivity index (χ0v) is 16.5. The Kier molecular flexibility index (Phi) is 5.84. The summed E-state index contributed by atoms with van der Waals surface area (Å²) in [5.41, 5.74) is 4.61. The highest BCUT2D eigenvalue weighted by Crippen LogP contribution is 2.44. The number of rotatable bonds is 5. The van der Waals surface area contributed by atoms with E-state index in [0.29, 0.717) is 0 Å². The summed E-state index contributed by atoms with van der Waals surface area (Å²) in [5, 5.41) is 12.3. The number of amides is 1. The molecule has 2 aliphatic rings. The smallest absolute Gasteiger partial charge is 0.407 e. The highest BCUT2D eigenvalue weighted by molar-refractivity contribution is 5.81. The van der Waals surface area contributed by atoms with Crippen molar-refractivity contribution in [2.45, 2.75) is 50.5 Å². The molecule has 0 aromatic heterocycles. The summed E-state index contributed by atoms with van der Waals surface area (Å²) in [5.74, 6) is -1.05. The number of fused-ring (bicyclic) bond motifs is 3. The third-order valence-corrected chi connectivity index (χ3v) is 6.25. The van der Waals surface area contributed by atoms with Crippen molar-refractivity contribution >= 4 is 12.1 Å². The van der Waals surface area contributed by atoms with Crippen molar-refractivity contribution in [3.8, 4) is 11.1 Å². The Labute approximate surface area is 171 Å². The van der Waals surface area contributed by atoms with Gasteiger partial charge in [-0.05, 0) is 41.0 Å². The van der Waals surface area contributed by atoms with Gasteiger partial charge in [0.2, 0.25) is 0 Å². The number of hydrogen-bond donors (Lipinski definition) is 2. The van der Waals surface area contributed by atoms with Crippen LogP contribution in [-0.4, -0.2) is 29.8 Å². The van der Waals surface area contributed by atoms with Gasteiger partial charge in [-0.15, -0.1) is 0 Å². The fourth-order valence-corrected chi connectivity index (χ4v) is 4.79. The molecule has 0 bridgehead atoms. The first kappa shape index (κ1) is 19.5. The van der Waals surface area contributed by atoms with E-state index in [9.17, 15) is 14.7 Å². The van der Waals surface area contributed by atoms with Gasteiger partial charge in [-0.3, -0.25) is 0 Å². The summed E-state index contributed by atoms with van der Waals surface area (Å²) in [6.45, 7) is 0.191. The van der Waals surface area contributed by atoms with Gasteiger partial charge in [0.25, 0.3) is 0 Å². The third kappa shape index (κ3) is 4.14. The Balaban J connectivity index is 1.43. The summed E-state index contributed by atoms with van der Waals surface area (Å²) >= 11 is 0. The standard InChI is InChI=1S/C24H27NO4/c26-23(27)22(16-9-3-1-2-4-10-16)25-24(28)29-15-21-19-13-7-5-11-17(19)18-12-6-8-14-20(18)21/h5-8,11-14,16,21-22H,1-4,9-10,15H2,(H,25,28)(H,26,27)/t22-/m0/s1. The number of aliphatic carboxylic acids is 1. The van der Waals surface area contributed by atoms with Crippen LogP contribution in [0.5, 0.6) is 0 Å². The molecule has 0 heterocycles. The number of ether oxygens (including phenoxy) is 1. The van der Waals surface area contributed by atoms with Crippen LogP contribution in [-0.2, 0) is 9.53 Å². The predicted octanol–water partition coefficient (Wildman–Crippen LogP) is 4.95. The van der Waals surface area contributed by atoms with Gasteiger partial charge in [-0.25, -0.2) is 9.59 Å². The fourth-order valence-electron chi connectivity index (χ4n) is 4.79. The lowest BCUT2D eigenvalue weighted by molar-refractivity contribution is -0.141. The quantitative estimate of drug-likeness (QED) is 0.705. The summed E-state index contributed by atoms with van der Waals surface area (Å²) in [7, 11) is 0. The summed E-state index contributed by atoms with van der Waals surface area (Å²) in [4.78, 5) is 24.2. The van der Waals surface area contributed by atoms with E-state index in [1.165, 1.54) is 11.1 Å². The predicted molar refractivity (Wildman–Crippen MR) is 111 cm³/mol. The molecule has 0 radical (unpaired) electrons. The van der Waals surface area contributed by atoms with Crippen LogP contribution in [0.1, 0.15) is 55.6 Å². The van der Waals surface area contributed by atoms with Crippen molar-refractivity contribution in [1.82, 2.24) is 5.32 Å². The molecule has 152 valence electrons. The first-order valence-corrected chi connectivity index (χ1v) is 10.5. The molecule has 2 aromatic rings. The molecule has 2 aromatic carbocycles. The molecule has 0 unspecified atom stereocenters. The molecule has 0 spiro atoms. The van der Waals surface area contributed by atoms with E-state index in [1.54, 1.807) is 0 Å². The minimum atomic E-state index is -0.981. The van der Waals surface area contributed by atoms with E-state index < -0.39 is 18.1 Å². The summed E-state index contributed by atoms with van der Waals surface area (Å²) in [6.07, 6.45) is 5.31. The topological polar surface area (TPSA) is 75.6 Å². The molecule has 0 aliphatic heterocycles. The first-order valence-electron chi connectivity index (χ1n) is 10.5. The largest absolute Gasteiger partial charge is 0.480 e. The van der Waals surface area contributed by atoms with Crippen LogP contribution in [0.2, 0.25) is 0 Å². The molecule has 4 rings (SSSR count). The van der Waals surface area contributed by atoms with Crippen molar-refractivity contribution in [3.63, 3.8) is 0 Å². The number of carbonyl (C=O) groups is 2. The lowest BCUT2D eigenvalue weighted by Gasteiger charge is -2.23. The second kappa shape index (κ2) is 8.68. The van der Waals surface area contributed by atoms with Gasteiger partial charge in [0, 0.05) is 5.92 Å². The molecule has 5 nitrogen and oxygen atoms in total. The van der Waals surface area contributed by atoms with Gasteiger partial charge in [0.1, 0.15) is 12.6 Å².